The molecule has 0 saturated carbocycles. The van der Waals surface area contributed by atoms with Gasteiger partial charge < -0.3 is 4.90 Å². The normalized spacial score (nSPS) is 12.8. The van der Waals surface area contributed by atoms with E-state index in [9.17, 15) is 0 Å². The third-order valence-corrected chi connectivity index (χ3v) is 3.17. The molecule has 0 aliphatic heterocycles. The first-order chi connectivity index (χ1) is 8.75. The van der Waals surface area contributed by atoms with Gasteiger partial charge in [-0.2, -0.15) is 15.4 Å². The van der Waals surface area contributed by atoms with Crippen LogP contribution in [0.1, 0.15) is 24.1 Å². The van der Waals surface area contributed by atoms with E-state index < -0.39 is 0 Å². The van der Waals surface area contributed by atoms with Crippen molar-refractivity contribution in [3.05, 3.63) is 47.8 Å². The predicted molar refractivity (Wildman–Crippen MR) is 72.4 cm³/mol. The number of H-pyrrole nitrogens is 1. The van der Waals surface area contributed by atoms with E-state index in [1.54, 1.807) is 6.20 Å². The molecule has 2 rings (SSSR count). The van der Waals surface area contributed by atoms with Gasteiger partial charge in [0.1, 0.15) is 0 Å². The molecule has 1 aromatic carbocycles. The summed E-state index contributed by atoms with van der Waals surface area (Å²) in [4.78, 5) is 2.34. The van der Waals surface area contributed by atoms with Gasteiger partial charge in [-0.15, -0.1) is 0 Å². The standard InChI is InChI=1S/C14H20N4/c1-12(13-6-4-3-5-7-13)11-18(2)9-8-14-10-15-17-16-14/h3-7,10,12H,8-9,11H2,1-2H3,(H,15,16,17). The van der Waals surface area contributed by atoms with Crippen molar-refractivity contribution in [1.82, 2.24) is 20.3 Å². The molecule has 96 valence electrons. The zero-order valence-corrected chi connectivity index (χ0v) is 11.0. The second-order valence-electron chi connectivity index (χ2n) is 4.79. The van der Waals surface area contributed by atoms with Crippen LogP contribution in [-0.2, 0) is 6.42 Å². The topological polar surface area (TPSA) is 44.8 Å². The maximum atomic E-state index is 4.06. The van der Waals surface area contributed by atoms with Gasteiger partial charge in [0.2, 0.25) is 0 Å². The average Bonchev–Trinajstić information content (AvgIpc) is 2.90. The summed E-state index contributed by atoms with van der Waals surface area (Å²) in [6.45, 7) is 4.33. The van der Waals surface area contributed by atoms with E-state index in [1.807, 2.05) is 0 Å². The second kappa shape index (κ2) is 6.31. The van der Waals surface area contributed by atoms with E-state index in [1.165, 1.54) is 5.56 Å². The zero-order chi connectivity index (χ0) is 12.8. The molecule has 0 aliphatic carbocycles. The van der Waals surface area contributed by atoms with Crippen molar-refractivity contribution in [2.75, 3.05) is 20.1 Å². The van der Waals surface area contributed by atoms with Gasteiger partial charge in [-0.3, -0.25) is 0 Å². The van der Waals surface area contributed by atoms with Gasteiger partial charge >= 0.3 is 0 Å². The van der Waals surface area contributed by atoms with Crippen molar-refractivity contribution in [1.29, 1.82) is 0 Å². The molecule has 4 nitrogen and oxygen atoms in total. The van der Waals surface area contributed by atoms with Crippen LogP contribution >= 0.6 is 0 Å². The van der Waals surface area contributed by atoms with Crippen molar-refractivity contribution in [2.24, 2.45) is 0 Å². The molecule has 0 amide bonds. The van der Waals surface area contributed by atoms with Gasteiger partial charge in [0, 0.05) is 19.5 Å². The third kappa shape index (κ3) is 3.67. The van der Waals surface area contributed by atoms with Gasteiger partial charge in [0.25, 0.3) is 0 Å². The number of benzene rings is 1. The first-order valence-corrected chi connectivity index (χ1v) is 6.34. The predicted octanol–water partition coefficient (Wildman–Crippen LogP) is 2.08. The summed E-state index contributed by atoms with van der Waals surface area (Å²) in [5.74, 6) is 0.550. The summed E-state index contributed by atoms with van der Waals surface area (Å²) in [6, 6.07) is 10.6. The molecule has 1 heterocycles. The highest BCUT2D eigenvalue weighted by Crippen LogP contribution is 2.15. The maximum Gasteiger partial charge on any atom is 0.0837 e. The van der Waals surface area contributed by atoms with Gasteiger partial charge in [-0.1, -0.05) is 37.3 Å². The van der Waals surface area contributed by atoms with Crippen LogP contribution in [-0.4, -0.2) is 40.4 Å². The second-order valence-corrected chi connectivity index (χ2v) is 4.79. The van der Waals surface area contributed by atoms with E-state index in [4.69, 9.17) is 0 Å². The van der Waals surface area contributed by atoms with Gasteiger partial charge in [0.15, 0.2) is 0 Å². The Labute approximate surface area is 108 Å². The monoisotopic (exact) mass is 244 g/mol. The fourth-order valence-electron chi connectivity index (χ4n) is 2.10. The van der Waals surface area contributed by atoms with Crippen LogP contribution in [0.3, 0.4) is 0 Å². The zero-order valence-electron chi connectivity index (χ0n) is 11.0. The van der Waals surface area contributed by atoms with Crippen molar-refractivity contribution in [3.8, 4) is 0 Å². The fraction of sp³-hybridized carbons (Fsp3) is 0.429. The number of nitrogens with one attached hydrogen (secondary N) is 1. The summed E-state index contributed by atoms with van der Waals surface area (Å²) in [7, 11) is 2.15. The van der Waals surface area contributed by atoms with Gasteiger partial charge in [0.05, 0.1) is 11.9 Å². The van der Waals surface area contributed by atoms with Crippen LogP contribution in [0.2, 0.25) is 0 Å². The molecular weight excluding hydrogens is 224 g/mol. The number of aromatic amines is 1. The van der Waals surface area contributed by atoms with E-state index >= 15 is 0 Å². The Morgan fingerprint density at radius 3 is 2.72 bits per heavy atom. The molecule has 0 saturated heterocycles. The number of nitrogens with zero attached hydrogens (tertiary/aromatic N) is 3. The summed E-state index contributed by atoms with van der Waals surface area (Å²) in [5.41, 5.74) is 2.42. The molecule has 0 radical (unpaired) electrons. The first-order valence-electron chi connectivity index (χ1n) is 6.34. The largest absolute Gasteiger partial charge is 0.305 e. The Morgan fingerprint density at radius 2 is 2.06 bits per heavy atom. The lowest BCUT2D eigenvalue weighted by Gasteiger charge is -2.21. The summed E-state index contributed by atoms with van der Waals surface area (Å²) < 4.78 is 0. The van der Waals surface area contributed by atoms with Crippen LogP contribution in [0, 0.1) is 0 Å². The van der Waals surface area contributed by atoms with Crippen LogP contribution in [0.4, 0.5) is 0 Å². The average molecular weight is 244 g/mol. The highest BCUT2D eigenvalue weighted by Gasteiger charge is 2.08. The van der Waals surface area contributed by atoms with Crippen molar-refractivity contribution in [3.63, 3.8) is 0 Å². The Bertz CT molecular complexity index is 438. The molecule has 1 aromatic heterocycles. The molecule has 0 fully saturated rings. The molecule has 1 unspecified atom stereocenters. The molecule has 1 atom stereocenters. The van der Waals surface area contributed by atoms with Crippen LogP contribution in [0.15, 0.2) is 36.5 Å². The molecule has 4 heteroatoms. The van der Waals surface area contributed by atoms with E-state index in [-0.39, 0.29) is 0 Å². The minimum absolute atomic E-state index is 0.550. The minimum atomic E-state index is 0.550. The Hall–Kier alpha value is -1.68. The van der Waals surface area contributed by atoms with E-state index in [0.717, 1.165) is 25.2 Å². The molecule has 2 aromatic rings. The SMILES string of the molecule is CC(CN(C)CCc1cn[nH]n1)c1ccccc1. The number of rotatable bonds is 6. The van der Waals surface area contributed by atoms with Gasteiger partial charge in [-0.05, 0) is 18.5 Å². The first kappa shape index (κ1) is 12.8. The quantitative estimate of drug-likeness (QED) is 0.846. The number of likely N-dealkylation sites (N-methyl/N-ethyl adjacent to an activating group) is 1. The maximum absolute atomic E-state index is 4.06. The van der Waals surface area contributed by atoms with Crippen LogP contribution < -0.4 is 0 Å². The van der Waals surface area contributed by atoms with Gasteiger partial charge in [-0.25, -0.2) is 0 Å². The van der Waals surface area contributed by atoms with Crippen molar-refractivity contribution < 1.29 is 0 Å². The van der Waals surface area contributed by atoms with E-state index in [0.29, 0.717) is 5.92 Å². The van der Waals surface area contributed by atoms with E-state index in [2.05, 4.69) is 64.6 Å². The summed E-state index contributed by atoms with van der Waals surface area (Å²) in [5, 5.41) is 10.5. The molecule has 0 aliphatic rings. The number of hydrogen-bond acceptors (Lipinski definition) is 3. The lowest BCUT2D eigenvalue weighted by atomic mass is 10.0. The van der Waals surface area contributed by atoms with Crippen molar-refractivity contribution in [2.45, 2.75) is 19.3 Å². The molecule has 18 heavy (non-hydrogen) atoms. The Kier molecular flexibility index (Phi) is 4.47. The minimum Gasteiger partial charge on any atom is -0.305 e. The number of hydrogen-bond donors (Lipinski definition) is 1. The molecular formula is C14H20N4. The molecule has 0 spiro atoms. The molecule has 0 bridgehead atoms. The highest BCUT2D eigenvalue weighted by atomic mass is 15.3. The smallest absolute Gasteiger partial charge is 0.0837 e. The highest BCUT2D eigenvalue weighted by molar-refractivity contribution is 5.18. The fourth-order valence-corrected chi connectivity index (χ4v) is 2.10. The van der Waals surface area contributed by atoms with Crippen molar-refractivity contribution >= 4 is 0 Å². The van der Waals surface area contributed by atoms with Crippen LogP contribution in [0.25, 0.3) is 0 Å². The lowest BCUT2D eigenvalue weighted by molar-refractivity contribution is 0.320. The number of aromatic nitrogens is 3. The third-order valence-electron chi connectivity index (χ3n) is 3.17. The summed E-state index contributed by atoms with van der Waals surface area (Å²) in [6.07, 6.45) is 2.73. The summed E-state index contributed by atoms with van der Waals surface area (Å²) >= 11 is 0. The Morgan fingerprint density at radius 1 is 1.28 bits per heavy atom. The lowest BCUT2D eigenvalue weighted by Crippen LogP contribution is -2.25. The molecule has 1 N–H and O–H groups in total. The van der Waals surface area contributed by atoms with Crippen LogP contribution in [0.5, 0.6) is 0 Å². The Balaban J connectivity index is 1.78.